The third-order valence-corrected chi connectivity index (χ3v) is 10.8. The summed E-state index contributed by atoms with van der Waals surface area (Å²) < 4.78 is 5.06. The van der Waals surface area contributed by atoms with Crippen LogP contribution < -0.4 is 4.57 Å². The van der Waals surface area contributed by atoms with Gasteiger partial charge in [0.15, 0.2) is 0 Å². The standard InChI is InChI=1S/C38H51N4P/c1-11-23-25(13-3)33-20-35-27(15-5)28(16-6)36(41(35)9)22-38-30(18-8)29(17-7)37(42(38)43-10)21-34-26(14-4)24(12-2)32(40-34)19-31(23)39-33/h19-22,43H,11-18H2,1-10H3/p+1. The second-order valence-electron chi connectivity index (χ2n) is 11.7. The first-order chi connectivity index (χ1) is 20.8. The minimum absolute atomic E-state index is 0.647. The van der Waals surface area contributed by atoms with Crippen molar-refractivity contribution in [2.24, 2.45) is 7.05 Å². The molecule has 43 heavy (non-hydrogen) atoms. The minimum atomic E-state index is 0.647. The normalized spacial score (nSPS) is 13.8. The zero-order valence-electron chi connectivity index (χ0n) is 28.3. The number of aryl methyl sites for hydroxylation is 4. The van der Waals surface area contributed by atoms with Gasteiger partial charge in [-0.1, -0.05) is 55.4 Å². The Labute approximate surface area is 261 Å². The quantitative estimate of drug-likeness (QED) is 0.194. The molecule has 0 aliphatic carbocycles. The molecule has 5 rings (SSSR count). The van der Waals surface area contributed by atoms with Gasteiger partial charge in [-0.15, -0.1) is 0 Å². The van der Waals surface area contributed by atoms with E-state index in [2.05, 4.69) is 107 Å². The Balaban J connectivity index is 2.12. The van der Waals surface area contributed by atoms with Crippen LogP contribution in [0, 0.1) is 0 Å². The fourth-order valence-corrected chi connectivity index (χ4v) is 8.73. The third-order valence-electron chi connectivity index (χ3n) is 9.84. The van der Waals surface area contributed by atoms with Gasteiger partial charge in [-0.3, -0.25) is 0 Å². The number of hydrogen-bond acceptors (Lipinski definition) is 1. The summed E-state index contributed by atoms with van der Waals surface area (Å²) in [6.45, 7) is 20.8. The predicted molar refractivity (Wildman–Crippen MR) is 190 cm³/mol. The van der Waals surface area contributed by atoms with Gasteiger partial charge in [-0.25, -0.2) is 4.98 Å². The summed E-state index contributed by atoms with van der Waals surface area (Å²) in [6.07, 6.45) is 8.07. The number of nitrogens with one attached hydrogen (secondary N) is 1. The number of allylic oxidation sites excluding steroid dienone is 4. The van der Waals surface area contributed by atoms with Crippen LogP contribution in [0.15, 0.2) is 24.3 Å². The van der Waals surface area contributed by atoms with E-state index in [0.717, 1.165) is 62.8 Å². The zero-order chi connectivity index (χ0) is 31.0. The highest BCUT2D eigenvalue weighted by Gasteiger charge is 2.30. The smallest absolute Gasteiger partial charge is 0.211 e. The molecule has 0 aromatic carbocycles. The lowest BCUT2D eigenvalue weighted by atomic mass is 9.97. The summed E-state index contributed by atoms with van der Waals surface area (Å²) in [6, 6.07) is 9.73. The Hall–Kier alpha value is -2.97. The Morgan fingerprint density at radius 1 is 0.581 bits per heavy atom. The first-order valence-electron chi connectivity index (χ1n) is 16.8. The van der Waals surface area contributed by atoms with Crippen molar-refractivity contribution in [1.82, 2.24) is 14.3 Å². The maximum absolute atomic E-state index is 5.38. The van der Waals surface area contributed by atoms with Crippen molar-refractivity contribution in [3.05, 3.63) is 69.3 Å². The van der Waals surface area contributed by atoms with E-state index >= 15 is 0 Å². The summed E-state index contributed by atoms with van der Waals surface area (Å²) in [5.74, 6) is 0. The van der Waals surface area contributed by atoms with E-state index in [1.54, 1.807) is 0 Å². The first kappa shape index (κ1) is 31.5. The number of H-pyrrole nitrogens is 1. The van der Waals surface area contributed by atoms with Crippen LogP contribution in [0.25, 0.3) is 44.4 Å². The lowest BCUT2D eigenvalue weighted by Gasteiger charge is -2.04. The third kappa shape index (κ3) is 5.04. The van der Waals surface area contributed by atoms with Gasteiger partial charge in [-0.05, 0) is 112 Å². The van der Waals surface area contributed by atoms with E-state index < -0.39 is 0 Å². The number of aromatic amines is 1. The summed E-state index contributed by atoms with van der Waals surface area (Å²) >= 11 is 0. The first-order valence-corrected chi connectivity index (χ1v) is 18.3. The van der Waals surface area contributed by atoms with Crippen molar-refractivity contribution in [2.45, 2.75) is 107 Å². The summed E-state index contributed by atoms with van der Waals surface area (Å²) in [4.78, 5) is 9.30. The largest absolute Gasteiger partial charge is 0.355 e. The highest BCUT2D eigenvalue weighted by molar-refractivity contribution is 7.35. The molecule has 0 radical (unpaired) electrons. The van der Waals surface area contributed by atoms with Crippen molar-refractivity contribution in [3.8, 4) is 0 Å². The highest BCUT2D eigenvalue weighted by atomic mass is 31.1. The van der Waals surface area contributed by atoms with Crippen molar-refractivity contribution >= 4 is 53.1 Å². The molecule has 1 atom stereocenters. The maximum atomic E-state index is 5.38. The Kier molecular flexibility index (Phi) is 9.47. The molecule has 1 N–H and O–H groups in total. The van der Waals surface area contributed by atoms with Gasteiger partial charge in [0, 0.05) is 34.3 Å². The van der Waals surface area contributed by atoms with Gasteiger partial charge in [0.05, 0.1) is 22.4 Å². The molecule has 0 fully saturated rings. The van der Waals surface area contributed by atoms with Crippen LogP contribution in [0.5, 0.6) is 0 Å². The van der Waals surface area contributed by atoms with Crippen LogP contribution >= 0.6 is 8.73 Å². The molecule has 0 spiro atoms. The molecule has 5 heterocycles. The number of hydrogen-bond donors (Lipinski definition) is 1. The van der Waals surface area contributed by atoms with Crippen molar-refractivity contribution in [2.75, 3.05) is 6.66 Å². The number of aromatic nitrogens is 4. The van der Waals surface area contributed by atoms with Gasteiger partial charge in [0.1, 0.15) is 7.05 Å². The average Bonchev–Trinajstić information content (AvgIpc) is 3.70. The van der Waals surface area contributed by atoms with Crippen molar-refractivity contribution in [3.63, 3.8) is 0 Å². The molecule has 0 saturated carbocycles. The number of nitrogens with zero attached hydrogens (tertiary/aromatic N) is 3. The molecule has 1 unspecified atom stereocenters. The predicted octanol–water partition coefficient (Wildman–Crippen LogP) is 10.0. The molecule has 3 aromatic heterocycles. The van der Waals surface area contributed by atoms with E-state index in [9.17, 15) is 0 Å². The van der Waals surface area contributed by atoms with E-state index in [4.69, 9.17) is 4.98 Å². The fourth-order valence-electron chi connectivity index (χ4n) is 7.85. The van der Waals surface area contributed by atoms with Crippen LogP contribution in [0.1, 0.15) is 126 Å². The van der Waals surface area contributed by atoms with Crippen LogP contribution in [0.2, 0.25) is 0 Å². The van der Waals surface area contributed by atoms with E-state index in [1.807, 2.05) is 0 Å². The number of fused-ring (bicyclic) bond motifs is 8. The minimum Gasteiger partial charge on any atom is -0.355 e. The van der Waals surface area contributed by atoms with E-state index in [1.165, 1.54) is 78.0 Å². The number of rotatable bonds is 9. The molecule has 3 aromatic rings. The van der Waals surface area contributed by atoms with Crippen molar-refractivity contribution in [1.29, 1.82) is 0 Å². The fraction of sp³-hybridized carbons (Fsp3) is 0.474. The SMILES string of the molecule is CCC1=C(CC)c2cc3[nH]c(cc4c(CC)c(CC)c(cc5[n+](C)c(cc1n2)C(CC)=C5CC)n4PC)c(CC)c3CC. The molecule has 8 bridgehead atoms. The molecule has 2 aliphatic rings. The average molecular weight is 596 g/mol. The molecular formula is C38H52N4P+. The Morgan fingerprint density at radius 2 is 1.02 bits per heavy atom. The van der Waals surface area contributed by atoms with Crippen LogP contribution in [-0.4, -0.2) is 21.0 Å². The van der Waals surface area contributed by atoms with E-state index in [-0.39, 0.29) is 0 Å². The Morgan fingerprint density at radius 3 is 1.49 bits per heavy atom. The molecule has 228 valence electrons. The molecule has 0 saturated heterocycles. The summed E-state index contributed by atoms with van der Waals surface area (Å²) in [5.41, 5.74) is 21.7. The highest BCUT2D eigenvalue weighted by Crippen LogP contribution is 2.39. The van der Waals surface area contributed by atoms with Crippen LogP contribution in [-0.2, 0) is 32.7 Å². The molecule has 4 nitrogen and oxygen atoms in total. The molecule has 2 aliphatic heterocycles. The van der Waals surface area contributed by atoms with Crippen molar-refractivity contribution < 1.29 is 4.57 Å². The monoisotopic (exact) mass is 595 g/mol. The summed E-state index contributed by atoms with van der Waals surface area (Å²) in [7, 11) is 2.91. The summed E-state index contributed by atoms with van der Waals surface area (Å²) in [5, 5.41) is 0. The molecular weight excluding hydrogens is 543 g/mol. The molecule has 5 heteroatoms. The van der Waals surface area contributed by atoms with E-state index in [0.29, 0.717) is 8.73 Å². The van der Waals surface area contributed by atoms with Gasteiger partial charge >= 0.3 is 0 Å². The zero-order valence-corrected chi connectivity index (χ0v) is 29.3. The topological polar surface area (TPSA) is 37.5 Å². The van der Waals surface area contributed by atoms with Crippen LogP contribution in [0.3, 0.4) is 0 Å². The van der Waals surface area contributed by atoms with Gasteiger partial charge in [0.2, 0.25) is 11.4 Å². The van der Waals surface area contributed by atoms with Gasteiger partial charge < -0.3 is 9.32 Å². The van der Waals surface area contributed by atoms with Gasteiger partial charge in [0.25, 0.3) is 0 Å². The second-order valence-corrected chi connectivity index (χ2v) is 12.6. The maximum Gasteiger partial charge on any atom is 0.211 e. The Bertz CT molecular complexity index is 1790. The second kappa shape index (κ2) is 12.9. The van der Waals surface area contributed by atoms with Crippen LogP contribution in [0.4, 0.5) is 0 Å². The lowest BCUT2D eigenvalue weighted by Crippen LogP contribution is -2.32. The lowest BCUT2D eigenvalue weighted by molar-refractivity contribution is -0.673. The molecule has 0 amide bonds. The van der Waals surface area contributed by atoms with Gasteiger partial charge in [-0.2, -0.15) is 4.57 Å².